The zero-order chi connectivity index (χ0) is 20.8. The molecular formula is C18H29F2N3O4. The van der Waals surface area contributed by atoms with E-state index in [0.29, 0.717) is 5.82 Å². The summed E-state index contributed by atoms with van der Waals surface area (Å²) in [5.41, 5.74) is -0.299. The van der Waals surface area contributed by atoms with Crippen molar-refractivity contribution in [1.82, 2.24) is 14.9 Å². The summed E-state index contributed by atoms with van der Waals surface area (Å²) >= 11 is 0. The molecule has 1 fully saturated rings. The van der Waals surface area contributed by atoms with Crippen molar-refractivity contribution in [2.45, 2.75) is 65.1 Å². The molecule has 0 bridgehead atoms. The maximum Gasteiger partial charge on any atom is 0.410 e. The SMILES string of the molecule is CCO.Cc1ncc(CO)c(C2CCN(C(=O)OC(C)(C)C)CC2(F)F)n1. The first-order chi connectivity index (χ1) is 12.4. The summed E-state index contributed by atoms with van der Waals surface area (Å²) in [5, 5.41) is 16.9. The molecule has 1 unspecified atom stereocenters. The number of ether oxygens (including phenoxy) is 1. The van der Waals surface area contributed by atoms with E-state index < -0.39 is 36.7 Å². The van der Waals surface area contributed by atoms with Gasteiger partial charge in [-0.1, -0.05) is 0 Å². The van der Waals surface area contributed by atoms with Crippen molar-refractivity contribution < 1.29 is 28.5 Å². The van der Waals surface area contributed by atoms with Crippen LogP contribution in [-0.2, 0) is 11.3 Å². The van der Waals surface area contributed by atoms with Gasteiger partial charge < -0.3 is 19.8 Å². The molecule has 154 valence electrons. The van der Waals surface area contributed by atoms with E-state index in [2.05, 4.69) is 9.97 Å². The van der Waals surface area contributed by atoms with Crippen molar-refractivity contribution in [3.8, 4) is 0 Å². The highest BCUT2D eigenvalue weighted by atomic mass is 19.3. The zero-order valence-corrected chi connectivity index (χ0v) is 16.5. The van der Waals surface area contributed by atoms with Crippen molar-refractivity contribution in [2.24, 2.45) is 0 Å². The number of nitrogens with zero attached hydrogens (tertiary/aromatic N) is 3. The zero-order valence-electron chi connectivity index (χ0n) is 16.5. The van der Waals surface area contributed by atoms with E-state index in [1.807, 2.05) is 0 Å². The number of aromatic nitrogens is 2. The molecule has 1 aromatic rings. The lowest BCUT2D eigenvalue weighted by Gasteiger charge is -2.38. The molecule has 1 amide bonds. The lowest BCUT2D eigenvalue weighted by molar-refractivity contribution is -0.0861. The van der Waals surface area contributed by atoms with Crippen LogP contribution in [0.25, 0.3) is 0 Å². The van der Waals surface area contributed by atoms with Gasteiger partial charge in [-0.25, -0.2) is 23.5 Å². The Hall–Kier alpha value is -1.87. The van der Waals surface area contributed by atoms with Gasteiger partial charge in [-0.2, -0.15) is 0 Å². The smallest absolute Gasteiger partial charge is 0.410 e. The third-order valence-corrected chi connectivity index (χ3v) is 3.77. The second-order valence-electron chi connectivity index (χ2n) is 7.31. The predicted octanol–water partition coefficient (Wildman–Crippen LogP) is 2.64. The molecule has 1 saturated heterocycles. The van der Waals surface area contributed by atoms with Crippen LogP contribution in [0.15, 0.2) is 6.20 Å². The highest BCUT2D eigenvalue weighted by Crippen LogP contribution is 2.41. The van der Waals surface area contributed by atoms with E-state index in [1.165, 1.54) is 6.20 Å². The maximum atomic E-state index is 14.7. The molecule has 1 aromatic heterocycles. The largest absolute Gasteiger partial charge is 0.444 e. The first kappa shape index (κ1) is 23.2. The fourth-order valence-electron chi connectivity index (χ4n) is 2.69. The Kier molecular flexibility index (Phi) is 8.04. The monoisotopic (exact) mass is 389 g/mol. The number of aryl methyl sites for hydroxylation is 1. The Bertz CT molecular complexity index is 636. The molecule has 1 atom stereocenters. The van der Waals surface area contributed by atoms with Crippen molar-refractivity contribution >= 4 is 6.09 Å². The third-order valence-electron chi connectivity index (χ3n) is 3.77. The molecule has 0 aliphatic carbocycles. The van der Waals surface area contributed by atoms with E-state index >= 15 is 0 Å². The van der Waals surface area contributed by atoms with Crippen LogP contribution in [0.2, 0.25) is 0 Å². The number of carbonyl (C=O) groups is 1. The van der Waals surface area contributed by atoms with Gasteiger partial charge in [0.1, 0.15) is 11.4 Å². The molecule has 0 radical (unpaired) electrons. The molecule has 2 heterocycles. The van der Waals surface area contributed by atoms with Crippen LogP contribution in [0, 0.1) is 6.92 Å². The van der Waals surface area contributed by atoms with Gasteiger partial charge in [-0.05, 0) is 41.0 Å². The first-order valence-electron chi connectivity index (χ1n) is 8.85. The van der Waals surface area contributed by atoms with Crippen molar-refractivity contribution in [1.29, 1.82) is 0 Å². The van der Waals surface area contributed by atoms with E-state index in [4.69, 9.17) is 9.84 Å². The standard InChI is InChI=1S/C16H23F2N3O3.C2H6O/c1-10-19-7-11(8-22)13(20-10)12-5-6-21(9-16(12,17)18)14(23)24-15(2,3)4;1-2-3/h7,12,22H,5-6,8-9H2,1-4H3;3H,2H2,1H3. The van der Waals surface area contributed by atoms with Crippen LogP contribution in [0.1, 0.15) is 57.1 Å². The van der Waals surface area contributed by atoms with Gasteiger partial charge in [-0.15, -0.1) is 0 Å². The number of rotatable bonds is 2. The molecule has 0 saturated carbocycles. The average molecular weight is 389 g/mol. The summed E-state index contributed by atoms with van der Waals surface area (Å²) in [6.45, 7) is 7.60. The second-order valence-corrected chi connectivity index (χ2v) is 7.31. The van der Waals surface area contributed by atoms with Gasteiger partial charge in [0, 0.05) is 24.9 Å². The van der Waals surface area contributed by atoms with E-state index in [0.717, 1.165) is 4.90 Å². The molecule has 0 aromatic carbocycles. The molecule has 27 heavy (non-hydrogen) atoms. The Morgan fingerprint density at radius 1 is 1.41 bits per heavy atom. The van der Waals surface area contributed by atoms with E-state index in [9.17, 15) is 18.7 Å². The number of amides is 1. The summed E-state index contributed by atoms with van der Waals surface area (Å²) in [6, 6.07) is 0. The van der Waals surface area contributed by atoms with Crippen molar-refractivity contribution in [2.75, 3.05) is 19.7 Å². The molecule has 1 aliphatic rings. The Labute approximate surface area is 158 Å². The lowest BCUT2D eigenvalue weighted by Crippen LogP contribution is -2.51. The summed E-state index contributed by atoms with van der Waals surface area (Å²) in [4.78, 5) is 21.1. The van der Waals surface area contributed by atoms with Gasteiger partial charge in [0.2, 0.25) is 0 Å². The number of aliphatic hydroxyl groups excluding tert-OH is 2. The van der Waals surface area contributed by atoms with Crippen LogP contribution in [-0.4, -0.2) is 62.4 Å². The topological polar surface area (TPSA) is 95.8 Å². The van der Waals surface area contributed by atoms with Crippen LogP contribution >= 0.6 is 0 Å². The fourth-order valence-corrected chi connectivity index (χ4v) is 2.69. The van der Waals surface area contributed by atoms with Crippen LogP contribution < -0.4 is 0 Å². The van der Waals surface area contributed by atoms with E-state index in [1.54, 1.807) is 34.6 Å². The molecular weight excluding hydrogens is 360 g/mol. The molecule has 2 N–H and O–H groups in total. The Morgan fingerprint density at radius 2 is 2.00 bits per heavy atom. The van der Waals surface area contributed by atoms with Crippen LogP contribution in [0.5, 0.6) is 0 Å². The Morgan fingerprint density at radius 3 is 2.48 bits per heavy atom. The normalized spacial score (nSPS) is 19.1. The molecule has 1 aliphatic heterocycles. The van der Waals surface area contributed by atoms with Gasteiger partial charge in [0.15, 0.2) is 0 Å². The minimum Gasteiger partial charge on any atom is -0.444 e. The number of hydrogen-bond acceptors (Lipinski definition) is 6. The van der Waals surface area contributed by atoms with Crippen LogP contribution in [0.3, 0.4) is 0 Å². The summed E-state index contributed by atoms with van der Waals surface area (Å²) in [6.07, 6.45) is 0.658. The quantitative estimate of drug-likeness (QED) is 0.807. The van der Waals surface area contributed by atoms with Crippen LogP contribution in [0.4, 0.5) is 13.6 Å². The minimum atomic E-state index is -3.17. The van der Waals surface area contributed by atoms with Gasteiger partial charge in [0.05, 0.1) is 24.8 Å². The fraction of sp³-hybridized carbons (Fsp3) is 0.722. The summed E-state index contributed by atoms with van der Waals surface area (Å²) in [5.74, 6) is -3.97. The highest BCUT2D eigenvalue weighted by Gasteiger charge is 2.48. The van der Waals surface area contributed by atoms with Gasteiger partial charge in [0.25, 0.3) is 5.92 Å². The molecule has 7 nitrogen and oxygen atoms in total. The third kappa shape index (κ3) is 6.66. The molecule has 0 spiro atoms. The van der Waals surface area contributed by atoms with Gasteiger partial charge >= 0.3 is 6.09 Å². The number of hydrogen-bond donors (Lipinski definition) is 2. The first-order valence-corrected chi connectivity index (χ1v) is 8.85. The van der Waals surface area contributed by atoms with Gasteiger partial charge in [-0.3, -0.25) is 0 Å². The van der Waals surface area contributed by atoms with Crippen molar-refractivity contribution in [3.05, 3.63) is 23.3 Å². The predicted molar refractivity (Wildman–Crippen MR) is 95.6 cm³/mol. The number of aliphatic hydroxyl groups is 2. The molecule has 2 rings (SSSR count). The highest BCUT2D eigenvalue weighted by molar-refractivity contribution is 5.68. The lowest BCUT2D eigenvalue weighted by atomic mass is 9.87. The maximum absolute atomic E-state index is 14.7. The summed E-state index contributed by atoms with van der Waals surface area (Å²) in [7, 11) is 0. The minimum absolute atomic E-state index is 0.0374. The van der Waals surface area contributed by atoms with Crippen molar-refractivity contribution in [3.63, 3.8) is 0 Å². The average Bonchev–Trinajstić information content (AvgIpc) is 2.53. The number of piperidine rings is 1. The number of likely N-dealkylation sites (tertiary alicyclic amines) is 1. The second kappa shape index (κ2) is 9.36. The Balaban J connectivity index is 0.00000114. The molecule has 9 heteroatoms. The number of halogens is 2. The van der Waals surface area contributed by atoms with E-state index in [-0.39, 0.29) is 30.8 Å². The summed E-state index contributed by atoms with van der Waals surface area (Å²) < 4.78 is 34.5. The number of carbonyl (C=O) groups excluding carboxylic acids is 1. The number of alkyl halides is 2.